The summed E-state index contributed by atoms with van der Waals surface area (Å²) in [6.45, 7) is 6.53. The molecule has 4 heteroatoms. The third kappa shape index (κ3) is 2.70. The van der Waals surface area contributed by atoms with Gasteiger partial charge in [-0.15, -0.1) is 0 Å². The molecular weight excluding hydrogens is 186 g/mol. The minimum atomic E-state index is 0.561. The van der Waals surface area contributed by atoms with Crippen LogP contribution in [0.2, 0.25) is 5.02 Å². The number of nitrogens with zero attached hydrogens (tertiary/aromatic N) is 3. The fourth-order valence-corrected chi connectivity index (χ4v) is 1.32. The Morgan fingerprint density at radius 3 is 2.92 bits per heavy atom. The van der Waals surface area contributed by atoms with Gasteiger partial charge in [0.2, 0.25) is 0 Å². The van der Waals surface area contributed by atoms with Crippen LogP contribution in [0, 0.1) is 0 Å². The van der Waals surface area contributed by atoms with Crippen LogP contribution < -0.4 is 4.90 Å². The van der Waals surface area contributed by atoms with Crippen molar-refractivity contribution in [2.75, 3.05) is 18.5 Å². The molecule has 0 spiro atoms. The van der Waals surface area contributed by atoms with Gasteiger partial charge in [-0.2, -0.15) is 0 Å². The van der Waals surface area contributed by atoms with E-state index in [2.05, 4.69) is 16.5 Å². The summed E-state index contributed by atoms with van der Waals surface area (Å²) in [5.74, 6) is 0.736. The van der Waals surface area contributed by atoms with Crippen LogP contribution in [0.25, 0.3) is 0 Å². The normalized spacial score (nSPS) is 9.77. The lowest BCUT2D eigenvalue weighted by atomic mass is 10.3. The minimum absolute atomic E-state index is 0.561. The molecule has 0 aliphatic carbocycles. The molecule has 0 saturated carbocycles. The summed E-state index contributed by atoms with van der Waals surface area (Å²) < 4.78 is 0. The number of aromatic nitrogens is 2. The number of anilines is 1. The first-order valence-corrected chi connectivity index (χ1v) is 4.30. The SMILES string of the molecule is C=C(C)CN(C)c1ncncc1Cl. The van der Waals surface area contributed by atoms with E-state index in [1.165, 1.54) is 6.33 Å². The Kier molecular flexibility index (Phi) is 3.25. The first kappa shape index (κ1) is 9.99. The predicted molar refractivity (Wildman–Crippen MR) is 55.1 cm³/mol. The van der Waals surface area contributed by atoms with Crippen molar-refractivity contribution in [2.24, 2.45) is 0 Å². The van der Waals surface area contributed by atoms with Gasteiger partial charge in [0, 0.05) is 13.6 Å². The molecule has 3 nitrogen and oxygen atoms in total. The van der Waals surface area contributed by atoms with Crippen LogP contribution in [0.1, 0.15) is 6.92 Å². The van der Waals surface area contributed by atoms with Crippen LogP contribution in [0.3, 0.4) is 0 Å². The third-order valence-electron chi connectivity index (χ3n) is 1.52. The number of rotatable bonds is 3. The molecule has 0 radical (unpaired) electrons. The van der Waals surface area contributed by atoms with Gasteiger partial charge in [0.1, 0.15) is 11.3 Å². The Morgan fingerprint density at radius 2 is 2.38 bits per heavy atom. The van der Waals surface area contributed by atoms with Gasteiger partial charge < -0.3 is 4.90 Å². The van der Waals surface area contributed by atoms with Crippen LogP contribution in [0.5, 0.6) is 0 Å². The van der Waals surface area contributed by atoms with Gasteiger partial charge in [-0.05, 0) is 6.92 Å². The van der Waals surface area contributed by atoms with Crippen molar-refractivity contribution in [2.45, 2.75) is 6.92 Å². The molecular formula is C9H12ClN3. The molecule has 0 aliphatic rings. The van der Waals surface area contributed by atoms with Crippen molar-refractivity contribution >= 4 is 17.4 Å². The van der Waals surface area contributed by atoms with Gasteiger partial charge in [-0.25, -0.2) is 9.97 Å². The Labute approximate surface area is 83.1 Å². The second-order valence-corrected chi connectivity index (χ2v) is 3.41. The van der Waals surface area contributed by atoms with Crippen molar-refractivity contribution in [1.82, 2.24) is 9.97 Å². The Bertz CT molecular complexity index is 311. The zero-order valence-electron chi connectivity index (χ0n) is 7.79. The monoisotopic (exact) mass is 197 g/mol. The highest BCUT2D eigenvalue weighted by Gasteiger charge is 2.06. The fraction of sp³-hybridized carbons (Fsp3) is 0.333. The average molecular weight is 198 g/mol. The smallest absolute Gasteiger partial charge is 0.150 e. The van der Waals surface area contributed by atoms with Gasteiger partial charge in [0.15, 0.2) is 5.82 Å². The largest absolute Gasteiger partial charge is 0.354 e. The Balaban J connectivity index is 2.82. The third-order valence-corrected chi connectivity index (χ3v) is 1.78. The molecule has 0 amide bonds. The molecule has 0 aliphatic heterocycles. The molecule has 1 aromatic rings. The van der Waals surface area contributed by atoms with Crippen LogP contribution in [0.15, 0.2) is 24.7 Å². The standard InChI is InChI=1S/C9H12ClN3/c1-7(2)5-13(3)9-8(10)4-11-6-12-9/h4,6H,1,5H2,2-3H3. The molecule has 0 aromatic carbocycles. The van der Waals surface area contributed by atoms with Crippen molar-refractivity contribution in [1.29, 1.82) is 0 Å². The van der Waals surface area contributed by atoms with Crippen LogP contribution in [0.4, 0.5) is 5.82 Å². The second-order valence-electron chi connectivity index (χ2n) is 3.01. The molecule has 0 saturated heterocycles. The maximum atomic E-state index is 5.91. The zero-order valence-corrected chi connectivity index (χ0v) is 8.54. The number of hydrogen-bond acceptors (Lipinski definition) is 3. The van der Waals surface area contributed by atoms with Crippen molar-refractivity contribution in [3.05, 3.63) is 29.7 Å². The summed E-state index contributed by atoms with van der Waals surface area (Å²) in [4.78, 5) is 9.82. The lowest BCUT2D eigenvalue weighted by Gasteiger charge is -2.18. The molecule has 70 valence electrons. The summed E-state index contributed by atoms with van der Waals surface area (Å²) >= 11 is 5.91. The molecule has 0 atom stereocenters. The van der Waals surface area contributed by atoms with E-state index in [-0.39, 0.29) is 0 Å². The lowest BCUT2D eigenvalue weighted by molar-refractivity contribution is 0.943. The topological polar surface area (TPSA) is 29.0 Å². The van der Waals surface area contributed by atoms with E-state index >= 15 is 0 Å². The van der Waals surface area contributed by atoms with E-state index in [1.54, 1.807) is 6.20 Å². The molecule has 0 bridgehead atoms. The lowest BCUT2D eigenvalue weighted by Crippen LogP contribution is -2.20. The second kappa shape index (κ2) is 4.23. The van der Waals surface area contributed by atoms with Crippen molar-refractivity contribution < 1.29 is 0 Å². The van der Waals surface area contributed by atoms with Crippen LogP contribution in [-0.2, 0) is 0 Å². The molecule has 1 heterocycles. The highest BCUT2D eigenvalue weighted by Crippen LogP contribution is 2.20. The molecule has 1 rings (SSSR count). The molecule has 0 fully saturated rings. The summed E-state index contributed by atoms with van der Waals surface area (Å²) in [5.41, 5.74) is 1.07. The molecule has 13 heavy (non-hydrogen) atoms. The summed E-state index contributed by atoms with van der Waals surface area (Å²) in [6, 6.07) is 0. The fourth-order valence-electron chi connectivity index (χ4n) is 1.07. The Morgan fingerprint density at radius 1 is 1.69 bits per heavy atom. The summed E-state index contributed by atoms with van der Waals surface area (Å²) in [6.07, 6.45) is 3.06. The maximum absolute atomic E-state index is 5.91. The summed E-state index contributed by atoms with van der Waals surface area (Å²) in [5, 5.41) is 0.561. The number of hydrogen-bond donors (Lipinski definition) is 0. The minimum Gasteiger partial charge on any atom is -0.354 e. The van der Waals surface area contributed by atoms with E-state index in [9.17, 15) is 0 Å². The van der Waals surface area contributed by atoms with Gasteiger partial charge in [-0.3, -0.25) is 0 Å². The van der Waals surface area contributed by atoms with Crippen LogP contribution >= 0.6 is 11.6 Å². The number of likely N-dealkylation sites (N-methyl/N-ethyl adjacent to an activating group) is 1. The molecule has 1 aromatic heterocycles. The Hall–Kier alpha value is -1.09. The van der Waals surface area contributed by atoms with Gasteiger partial charge in [0.05, 0.1) is 6.20 Å². The van der Waals surface area contributed by atoms with Crippen LogP contribution in [-0.4, -0.2) is 23.6 Å². The highest BCUT2D eigenvalue weighted by molar-refractivity contribution is 6.32. The van der Waals surface area contributed by atoms with Crippen molar-refractivity contribution in [3.8, 4) is 0 Å². The van der Waals surface area contributed by atoms with E-state index in [1.807, 2.05) is 18.9 Å². The predicted octanol–water partition coefficient (Wildman–Crippen LogP) is 2.14. The number of halogens is 1. The average Bonchev–Trinajstić information content (AvgIpc) is 2.03. The quantitative estimate of drug-likeness (QED) is 0.696. The van der Waals surface area contributed by atoms with E-state index in [0.717, 1.165) is 17.9 Å². The maximum Gasteiger partial charge on any atom is 0.150 e. The van der Waals surface area contributed by atoms with E-state index in [0.29, 0.717) is 5.02 Å². The van der Waals surface area contributed by atoms with E-state index < -0.39 is 0 Å². The highest BCUT2D eigenvalue weighted by atomic mass is 35.5. The van der Waals surface area contributed by atoms with E-state index in [4.69, 9.17) is 11.6 Å². The van der Waals surface area contributed by atoms with Gasteiger partial charge in [0.25, 0.3) is 0 Å². The van der Waals surface area contributed by atoms with Gasteiger partial charge >= 0.3 is 0 Å². The molecule has 0 N–H and O–H groups in total. The first-order chi connectivity index (χ1) is 6.11. The molecule has 0 unspecified atom stereocenters. The van der Waals surface area contributed by atoms with Crippen molar-refractivity contribution in [3.63, 3.8) is 0 Å². The zero-order chi connectivity index (χ0) is 9.84. The first-order valence-electron chi connectivity index (χ1n) is 3.92. The van der Waals surface area contributed by atoms with Gasteiger partial charge in [-0.1, -0.05) is 23.8 Å². The summed E-state index contributed by atoms with van der Waals surface area (Å²) in [7, 11) is 1.92.